The van der Waals surface area contributed by atoms with Gasteiger partial charge in [-0.25, -0.2) is 4.79 Å². The maximum absolute atomic E-state index is 14.2. The smallest absolute Gasteiger partial charge is 0.436 e. The Hall–Kier alpha value is -3.27. The number of hydrogen-bond acceptors (Lipinski definition) is 6. The summed E-state index contributed by atoms with van der Waals surface area (Å²) in [4.78, 5) is 25.1. The number of nitrogens with one attached hydrogen (secondary N) is 2. The van der Waals surface area contributed by atoms with Crippen LogP contribution in [0, 0.1) is 0 Å². The minimum atomic E-state index is -5.18. The van der Waals surface area contributed by atoms with Crippen LogP contribution in [0.5, 0.6) is 11.5 Å². The number of ether oxygens (including phenoxy) is 3. The standard InChI is InChI=1S/C22H25F3N2O5/c1-4-32-20(29)21(22(23,24)25,26-14-13-15-5-9-17(30-2)10-6-15)27-19(28)16-7-11-18(31-3)12-8-16/h5-12,26H,4,13-14H2,1-3H3,(H,27,28)/t21-/m0/s1. The maximum atomic E-state index is 14.2. The number of benzene rings is 2. The van der Waals surface area contributed by atoms with Crippen LogP contribution in [0.2, 0.25) is 0 Å². The fraction of sp³-hybridized carbons (Fsp3) is 0.364. The lowest BCUT2D eigenvalue weighted by Gasteiger charge is -2.35. The third kappa shape index (κ3) is 5.91. The zero-order valence-electron chi connectivity index (χ0n) is 17.9. The lowest BCUT2D eigenvalue weighted by Crippen LogP contribution is -2.73. The summed E-state index contributed by atoms with van der Waals surface area (Å²) >= 11 is 0. The molecular formula is C22H25F3N2O5. The molecule has 2 N–H and O–H groups in total. The van der Waals surface area contributed by atoms with Gasteiger partial charge in [0.15, 0.2) is 0 Å². The van der Waals surface area contributed by atoms with Crippen LogP contribution in [0.4, 0.5) is 13.2 Å². The minimum absolute atomic E-state index is 0.0827. The second kappa shape index (κ2) is 10.9. The fourth-order valence-electron chi connectivity index (χ4n) is 2.86. The van der Waals surface area contributed by atoms with Crippen molar-refractivity contribution in [3.63, 3.8) is 0 Å². The van der Waals surface area contributed by atoms with E-state index in [9.17, 15) is 22.8 Å². The van der Waals surface area contributed by atoms with Gasteiger partial charge in [0.05, 0.1) is 20.8 Å². The first-order valence-corrected chi connectivity index (χ1v) is 9.75. The van der Waals surface area contributed by atoms with E-state index in [2.05, 4.69) is 10.1 Å². The van der Waals surface area contributed by atoms with Crippen molar-refractivity contribution in [1.29, 1.82) is 0 Å². The Labute approximate surface area is 183 Å². The molecule has 0 saturated carbocycles. The highest BCUT2D eigenvalue weighted by atomic mass is 19.4. The highest BCUT2D eigenvalue weighted by molar-refractivity contribution is 5.98. The van der Waals surface area contributed by atoms with Gasteiger partial charge in [0, 0.05) is 12.1 Å². The number of carbonyl (C=O) groups is 2. The largest absolute Gasteiger partial charge is 0.497 e. The minimum Gasteiger partial charge on any atom is -0.497 e. The molecule has 0 radical (unpaired) electrons. The van der Waals surface area contributed by atoms with Gasteiger partial charge in [0.2, 0.25) is 0 Å². The monoisotopic (exact) mass is 454 g/mol. The first-order valence-electron chi connectivity index (χ1n) is 9.75. The summed E-state index contributed by atoms with van der Waals surface area (Å²) in [7, 11) is 2.91. The molecule has 7 nitrogen and oxygen atoms in total. The summed E-state index contributed by atoms with van der Waals surface area (Å²) in [5.41, 5.74) is -2.80. The fourth-order valence-corrected chi connectivity index (χ4v) is 2.86. The van der Waals surface area contributed by atoms with Crippen LogP contribution < -0.4 is 20.1 Å². The Kier molecular flexibility index (Phi) is 8.48. The van der Waals surface area contributed by atoms with Gasteiger partial charge in [-0.15, -0.1) is 0 Å². The molecule has 174 valence electrons. The second-order valence-corrected chi connectivity index (χ2v) is 6.68. The molecule has 32 heavy (non-hydrogen) atoms. The zero-order chi connectivity index (χ0) is 23.8. The molecular weight excluding hydrogens is 429 g/mol. The average molecular weight is 454 g/mol. The molecule has 0 saturated heterocycles. The van der Waals surface area contributed by atoms with Crippen molar-refractivity contribution in [1.82, 2.24) is 10.6 Å². The van der Waals surface area contributed by atoms with Gasteiger partial charge in [-0.3, -0.25) is 10.1 Å². The van der Waals surface area contributed by atoms with E-state index < -0.39 is 23.7 Å². The van der Waals surface area contributed by atoms with Crippen molar-refractivity contribution >= 4 is 11.9 Å². The van der Waals surface area contributed by atoms with Gasteiger partial charge in [0.25, 0.3) is 11.6 Å². The number of carbonyl (C=O) groups excluding carboxylic acids is 2. The lowest BCUT2D eigenvalue weighted by molar-refractivity contribution is -0.218. The van der Waals surface area contributed by atoms with Gasteiger partial charge >= 0.3 is 12.1 Å². The molecule has 0 spiro atoms. The van der Waals surface area contributed by atoms with Crippen LogP contribution in [0.15, 0.2) is 48.5 Å². The van der Waals surface area contributed by atoms with Crippen LogP contribution in [0.1, 0.15) is 22.8 Å². The van der Waals surface area contributed by atoms with Gasteiger partial charge in [-0.2, -0.15) is 13.2 Å². The van der Waals surface area contributed by atoms with Crippen molar-refractivity contribution in [3.05, 3.63) is 59.7 Å². The number of rotatable bonds is 10. The van der Waals surface area contributed by atoms with E-state index in [0.717, 1.165) is 0 Å². The zero-order valence-corrected chi connectivity index (χ0v) is 17.9. The van der Waals surface area contributed by atoms with Crippen LogP contribution in [-0.2, 0) is 16.0 Å². The van der Waals surface area contributed by atoms with Crippen LogP contribution in [-0.4, -0.2) is 51.1 Å². The van der Waals surface area contributed by atoms with E-state index in [1.165, 1.54) is 45.4 Å². The molecule has 2 aromatic carbocycles. The summed E-state index contributed by atoms with van der Waals surface area (Å²) in [6, 6.07) is 12.1. The van der Waals surface area contributed by atoms with Crippen molar-refractivity contribution in [3.8, 4) is 11.5 Å². The third-order valence-corrected chi connectivity index (χ3v) is 4.62. The maximum Gasteiger partial charge on any atom is 0.436 e. The Morgan fingerprint density at radius 1 is 0.906 bits per heavy atom. The number of amides is 1. The predicted molar refractivity (Wildman–Crippen MR) is 111 cm³/mol. The van der Waals surface area contributed by atoms with Gasteiger partial charge in [-0.05, 0) is 55.3 Å². The molecule has 1 atom stereocenters. The van der Waals surface area contributed by atoms with Gasteiger partial charge in [-0.1, -0.05) is 12.1 Å². The molecule has 2 aromatic rings. The van der Waals surface area contributed by atoms with Gasteiger partial charge < -0.3 is 19.5 Å². The number of alkyl halides is 3. The van der Waals surface area contributed by atoms with Crippen LogP contribution >= 0.6 is 0 Å². The van der Waals surface area contributed by atoms with Crippen molar-refractivity contribution in [2.75, 3.05) is 27.4 Å². The molecule has 0 unspecified atom stereocenters. The van der Waals surface area contributed by atoms with E-state index in [-0.39, 0.29) is 25.1 Å². The summed E-state index contributed by atoms with van der Waals surface area (Å²) in [6.45, 7) is 0.810. The second-order valence-electron chi connectivity index (χ2n) is 6.68. The third-order valence-electron chi connectivity index (χ3n) is 4.62. The summed E-state index contributed by atoms with van der Waals surface area (Å²) < 4.78 is 57.2. The van der Waals surface area contributed by atoms with E-state index in [1.54, 1.807) is 29.6 Å². The Morgan fingerprint density at radius 3 is 1.91 bits per heavy atom. The molecule has 2 rings (SSSR count). The Balaban J connectivity index is 2.27. The van der Waals surface area contributed by atoms with Crippen molar-refractivity contribution in [2.24, 2.45) is 0 Å². The first-order chi connectivity index (χ1) is 15.2. The molecule has 0 aliphatic carbocycles. The van der Waals surface area contributed by atoms with Crippen LogP contribution in [0.25, 0.3) is 0 Å². The molecule has 0 aromatic heterocycles. The quantitative estimate of drug-likeness (QED) is 0.424. The summed E-state index contributed by atoms with van der Waals surface area (Å²) in [5, 5.41) is 3.97. The van der Waals surface area contributed by atoms with Crippen molar-refractivity contribution < 1.29 is 37.0 Å². The molecule has 0 bridgehead atoms. The van der Waals surface area contributed by atoms with E-state index in [0.29, 0.717) is 17.1 Å². The van der Waals surface area contributed by atoms with Crippen LogP contribution in [0.3, 0.4) is 0 Å². The Bertz CT molecular complexity index is 901. The van der Waals surface area contributed by atoms with E-state index in [4.69, 9.17) is 9.47 Å². The van der Waals surface area contributed by atoms with E-state index in [1.807, 2.05) is 0 Å². The summed E-state index contributed by atoms with van der Waals surface area (Å²) in [6.07, 6.45) is -5.03. The number of methoxy groups -OCH3 is 2. The Morgan fingerprint density at radius 2 is 1.44 bits per heavy atom. The van der Waals surface area contributed by atoms with E-state index >= 15 is 0 Å². The number of esters is 1. The highest BCUT2D eigenvalue weighted by Crippen LogP contribution is 2.30. The molecule has 0 aliphatic heterocycles. The lowest BCUT2D eigenvalue weighted by atomic mass is 10.1. The molecule has 0 heterocycles. The number of hydrogen-bond donors (Lipinski definition) is 2. The first kappa shape index (κ1) is 25.0. The molecule has 0 aliphatic rings. The summed E-state index contributed by atoms with van der Waals surface area (Å²) in [5.74, 6) is -1.73. The normalized spacial score (nSPS) is 13.1. The molecule has 1 amide bonds. The average Bonchev–Trinajstić information content (AvgIpc) is 2.78. The van der Waals surface area contributed by atoms with Crippen molar-refractivity contribution in [2.45, 2.75) is 25.2 Å². The topological polar surface area (TPSA) is 85.9 Å². The molecule has 10 heteroatoms. The molecule has 0 fully saturated rings. The predicted octanol–water partition coefficient (Wildman–Crippen LogP) is 3.09. The van der Waals surface area contributed by atoms with Gasteiger partial charge in [0.1, 0.15) is 11.5 Å². The SMILES string of the molecule is CCOC(=O)[C@](NCCc1ccc(OC)cc1)(NC(=O)c1ccc(OC)cc1)C(F)(F)F. The number of halogens is 3. The highest BCUT2D eigenvalue weighted by Gasteiger charge is 2.63.